The van der Waals surface area contributed by atoms with Gasteiger partial charge in [-0.1, -0.05) is 18.2 Å². The van der Waals surface area contributed by atoms with Gasteiger partial charge < -0.3 is 15.2 Å². The van der Waals surface area contributed by atoms with Crippen molar-refractivity contribution >= 4 is 32.6 Å². The zero-order chi connectivity index (χ0) is 18.7. The number of fused-ring (bicyclic) bond motifs is 1. The molecule has 1 aliphatic rings. The lowest BCUT2D eigenvalue weighted by Crippen LogP contribution is -2.48. The van der Waals surface area contributed by atoms with Gasteiger partial charge in [-0.15, -0.1) is 0 Å². The van der Waals surface area contributed by atoms with Crippen molar-refractivity contribution in [1.82, 2.24) is 15.2 Å². The number of amides is 2. The average Bonchev–Trinajstić information content (AvgIpc) is 3.19. The molecule has 1 atom stereocenters. The predicted octanol–water partition coefficient (Wildman–Crippen LogP) is 0.862. The lowest BCUT2D eigenvalue weighted by Gasteiger charge is -2.26. The Morgan fingerprint density at radius 1 is 1.31 bits per heavy atom. The van der Waals surface area contributed by atoms with Gasteiger partial charge in [-0.2, -0.15) is 0 Å². The number of hydrogen-bond acceptors (Lipinski definition) is 4. The Labute approximate surface area is 152 Å². The van der Waals surface area contributed by atoms with Crippen molar-refractivity contribution in [2.45, 2.75) is 25.8 Å². The van der Waals surface area contributed by atoms with E-state index in [2.05, 4.69) is 10.3 Å². The first kappa shape index (κ1) is 18.4. The molecule has 0 aliphatic carbocycles. The molecule has 8 heteroatoms. The number of sulfone groups is 1. The highest BCUT2D eigenvalue weighted by atomic mass is 32.2. The zero-order valence-electron chi connectivity index (χ0n) is 14.7. The molecule has 0 radical (unpaired) electrons. The van der Waals surface area contributed by atoms with Crippen LogP contribution in [0.1, 0.15) is 18.9 Å². The molecule has 26 heavy (non-hydrogen) atoms. The summed E-state index contributed by atoms with van der Waals surface area (Å²) < 4.78 is 23.2. The topological polar surface area (TPSA) is 99.3 Å². The molecule has 1 unspecified atom stereocenters. The van der Waals surface area contributed by atoms with E-state index < -0.39 is 27.7 Å². The Morgan fingerprint density at radius 3 is 2.77 bits per heavy atom. The molecule has 140 valence electrons. The number of H-pyrrole nitrogens is 1. The SMILES string of the molecule is CCN(C(=O)C(=O)NCCc1c[nH]c2ccccc12)C1CCS(=O)(=O)C1. The van der Waals surface area contributed by atoms with Crippen LogP contribution >= 0.6 is 0 Å². The van der Waals surface area contributed by atoms with Gasteiger partial charge in [-0.3, -0.25) is 9.59 Å². The summed E-state index contributed by atoms with van der Waals surface area (Å²) in [5.74, 6) is -1.33. The molecule has 0 saturated carbocycles. The quantitative estimate of drug-likeness (QED) is 0.755. The summed E-state index contributed by atoms with van der Waals surface area (Å²) in [6, 6.07) is 7.49. The van der Waals surface area contributed by atoms with Gasteiger partial charge in [0.05, 0.1) is 11.5 Å². The van der Waals surface area contributed by atoms with E-state index in [1.807, 2.05) is 30.5 Å². The highest BCUT2D eigenvalue weighted by Gasteiger charge is 2.35. The van der Waals surface area contributed by atoms with E-state index in [-0.39, 0.29) is 11.5 Å². The maximum atomic E-state index is 12.4. The van der Waals surface area contributed by atoms with Gasteiger partial charge in [0.1, 0.15) is 0 Å². The Balaban J connectivity index is 1.56. The van der Waals surface area contributed by atoms with Crippen LogP contribution in [0.5, 0.6) is 0 Å². The summed E-state index contributed by atoms with van der Waals surface area (Å²) in [5, 5.41) is 3.75. The van der Waals surface area contributed by atoms with E-state index in [1.54, 1.807) is 6.92 Å². The second-order valence-corrected chi connectivity index (χ2v) is 8.74. The van der Waals surface area contributed by atoms with Crippen molar-refractivity contribution in [1.29, 1.82) is 0 Å². The number of aromatic amines is 1. The molecule has 1 fully saturated rings. The largest absolute Gasteiger partial charge is 0.361 e. The third-order valence-corrected chi connectivity index (χ3v) is 6.55. The molecule has 1 aliphatic heterocycles. The predicted molar refractivity (Wildman–Crippen MR) is 99.5 cm³/mol. The molecule has 3 rings (SSSR count). The zero-order valence-corrected chi connectivity index (χ0v) is 15.5. The normalized spacial score (nSPS) is 18.7. The van der Waals surface area contributed by atoms with Crippen LogP contribution in [0, 0.1) is 0 Å². The number of rotatable bonds is 5. The lowest BCUT2D eigenvalue weighted by atomic mass is 10.1. The van der Waals surface area contributed by atoms with Crippen molar-refractivity contribution in [2.75, 3.05) is 24.6 Å². The monoisotopic (exact) mass is 377 g/mol. The molecule has 0 spiro atoms. The Kier molecular flexibility index (Phi) is 5.31. The van der Waals surface area contributed by atoms with Crippen molar-refractivity contribution in [2.24, 2.45) is 0 Å². The van der Waals surface area contributed by atoms with Crippen molar-refractivity contribution in [3.8, 4) is 0 Å². The molecule has 2 aromatic rings. The second-order valence-electron chi connectivity index (χ2n) is 6.51. The molecule has 1 aromatic heterocycles. The van der Waals surface area contributed by atoms with Crippen molar-refractivity contribution in [3.05, 3.63) is 36.0 Å². The molecule has 1 aromatic carbocycles. The van der Waals surface area contributed by atoms with Gasteiger partial charge in [0.15, 0.2) is 9.84 Å². The second kappa shape index (κ2) is 7.49. The molecular weight excluding hydrogens is 354 g/mol. The summed E-state index contributed by atoms with van der Waals surface area (Å²) in [7, 11) is -3.11. The molecule has 1 saturated heterocycles. The fourth-order valence-corrected chi connectivity index (χ4v) is 5.17. The third-order valence-electron chi connectivity index (χ3n) is 4.80. The minimum absolute atomic E-state index is 0.0603. The van der Waals surface area contributed by atoms with Gasteiger partial charge in [0.25, 0.3) is 0 Å². The Bertz CT molecular complexity index is 919. The highest BCUT2D eigenvalue weighted by Crippen LogP contribution is 2.19. The molecule has 2 heterocycles. The highest BCUT2D eigenvalue weighted by molar-refractivity contribution is 7.91. The van der Waals surface area contributed by atoms with Crippen LogP contribution in [0.2, 0.25) is 0 Å². The fraction of sp³-hybridized carbons (Fsp3) is 0.444. The van der Waals surface area contributed by atoms with Crippen LogP contribution in [-0.2, 0) is 25.8 Å². The van der Waals surface area contributed by atoms with E-state index >= 15 is 0 Å². The number of nitrogens with one attached hydrogen (secondary N) is 2. The van der Waals surface area contributed by atoms with E-state index in [9.17, 15) is 18.0 Å². The van der Waals surface area contributed by atoms with Gasteiger partial charge in [-0.25, -0.2) is 8.42 Å². The van der Waals surface area contributed by atoms with Crippen LogP contribution in [0.25, 0.3) is 10.9 Å². The lowest BCUT2D eigenvalue weighted by molar-refractivity contribution is -0.146. The molecule has 7 nitrogen and oxygen atoms in total. The number of carbonyl (C=O) groups is 2. The molecular formula is C18H23N3O4S. The first-order valence-electron chi connectivity index (χ1n) is 8.75. The van der Waals surface area contributed by atoms with Crippen molar-refractivity contribution < 1.29 is 18.0 Å². The Morgan fingerprint density at radius 2 is 2.08 bits per heavy atom. The van der Waals surface area contributed by atoms with E-state index in [1.165, 1.54) is 4.90 Å². The number of likely N-dealkylation sites (N-methyl/N-ethyl adjacent to an activating group) is 1. The van der Waals surface area contributed by atoms with Crippen LogP contribution in [0.4, 0.5) is 0 Å². The van der Waals surface area contributed by atoms with Gasteiger partial charge in [0, 0.05) is 36.2 Å². The van der Waals surface area contributed by atoms with Gasteiger partial charge in [0.2, 0.25) is 0 Å². The number of benzene rings is 1. The standard InChI is InChI=1S/C18H23N3O4S/c1-2-21(14-8-10-26(24,25)12-14)18(23)17(22)19-9-7-13-11-20-16-6-4-3-5-15(13)16/h3-6,11,14,20H,2,7-10,12H2,1H3,(H,19,22). The summed E-state index contributed by atoms with van der Waals surface area (Å²) in [5.41, 5.74) is 2.10. The van der Waals surface area contributed by atoms with E-state index in [0.717, 1.165) is 16.5 Å². The summed E-state index contributed by atoms with van der Waals surface area (Å²) in [6.07, 6.45) is 2.90. The van der Waals surface area contributed by atoms with Crippen LogP contribution in [0.15, 0.2) is 30.5 Å². The molecule has 2 amide bonds. The van der Waals surface area contributed by atoms with E-state index in [0.29, 0.717) is 25.9 Å². The maximum absolute atomic E-state index is 12.4. The minimum Gasteiger partial charge on any atom is -0.361 e. The average molecular weight is 377 g/mol. The summed E-state index contributed by atoms with van der Waals surface area (Å²) in [4.78, 5) is 29.1. The van der Waals surface area contributed by atoms with Crippen LogP contribution in [0.3, 0.4) is 0 Å². The fourth-order valence-electron chi connectivity index (χ4n) is 3.44. The van der Waals surface area contributed by atoms with E-state index in [4.69, 9.17) is 0 Å². The van der Waals surface area contributed by atoms with Gasteiger partial charge in [-0.05, 0) is 31.4 Å². The van der Waals surface area contributed by atoms with Crippen LogP contribution in [-0.4, -0.2) is 60.8 Å². The summed E-state index contributed by atoms with van der Waals surface area (Å²) >= 11 is 0. The van der Waals surface area contributed by atoms with Gasteiger partial charge >= 0.3 is 11.8 Å². The van der Waals surface area contributed by atoms with Crippen LogP contribution < -0.4 is 5.32 Å². The number of carbonyl (C=O) groups excluding carboxylic acids is 2. The first-order valence-corrected chi connectivity index (χ1v) is 10.6. The number of nitrogens with zero attached hydrogens (tertiary/aromatic N) is 1. The smallest absolute Gasteiger partial charge is 0.312 e. The number of aromatic nitrogens is 1. The summed E-state index contributed by atoms with van der Waals surface area (Å²) in [6.45, 7) is 2.41. The first-order chi connectivity index (χ1) is 12.4. The minimum atomic E-state index is -3.11. The van der Waals surface area contributed by atoms with Crippen molar-refractivity contribution in [3.63, 3.8) is 0 Å². The maximum Gasteiger partial charge on any atom is 0.312 e. The third kappa shape index (κ3) is 3.90. The number of hydrogen-bond donors (Lipinski definition) is 2. The Hall–Kier alpha value is -2.35. The number of para-hydroxylation sites is 1. The molecule has 0 bridgehead atoms. The molecule has 2 N–H and O–H groups in total.